The van der Waals surface area contributed by atoms with Gasteiger partial charge >= 0.3 is 0 Å². The molecule has 0 fully saturated rings. The molecule has 2 rings (SSSR count). The number of hydrogen-bond donors (Lipinski definition) is 1. The lowest BCUT2D eigenvalue weighted by atomic mass is 10.1. The number of hydrogen-bond acceptors (Lipinski definition) is 2. The second kappa shape index (κ2) is 6.33. The minimum absolute atomic E-state index is 0.119. The number of ether oxygens (including phenoxy) is 1. The van der Waals surface area contributed by atoms with E-state index >= 15 is 0 Å². The summed E-state index contributed by atoms with van der Waals surface area (Å²) in [5.41, 5.74) is 1.30. The van der Waals surface area contributed by atoms with Crippen molar-refractivity contribution in [3.8, 4) is 5.75 Å². The fraction of sp³-hybridized carbons (Fsp3) is 0.200. The number of rotatable bonds is 4. The Labute approximate surface area is 127 Å². The minimum atomic E-state index is -0.335. The molecule has 1 N–H and O–H groups in total. The Balaban J connectivity index is 2.22. The highest BCUT2D eigenvalue weighted by atomic mass is 35.5. The Morgan fingerprint density at radius 3 is 2.50 bits per heavy atom. The Morgan fingerprint density at radius 2 is 1.85 bits per heavy atom. The normalized spacial score (nSPS) is 12.1. The fourth-order valence-corrected chi connectivity index (χ4v) is 2.15. The van der Waals surface area contributed by atoms with Crippen molar-refractivity contribution in [1.29, 1.82) is 0 Å². The molecule has 2 aromatic carbocycles. The highest BCUT2D eigenvalue weighted by Gasteiger charge is 2.11. The van der Waals surface area contributed by atoms with Gasteiger partial charge in [-0.1, -0.05) is 29.3 Å². The van der Waals surface area contributed by atoms with Gasteiger partial charge in [0.25, 0.3) is 0 Å². The molecule has 0 aliphatic rings. The van der Waals surface area contributed by atoms with Crippen molar-refractivity contribution in [2.24, 2.45) is 0 Å². The van der Waals surface area contributed by atoms with Crippen molar-refractivity contribution in [1.82, 2.24) is 0 Å². The van der Waals surface area contributed by atoms with Crippen LogP contribution in [0, 0.1) is 5.82 Å². The van der Waals surface area contributed by atoms with E-state index in [9.17, 15) is 4.39 Å². The molecule has 0 heterocycles. The van der Waals surface area contributed by atoms with Gasteiger partial charge in [-0.05, 0) is 36.8 Å². The quantitative estimate of drug-likeness (QED) is 0.825. The van der Waals surface area contributed by atoms with Crippen molar-refractivity contribution in [2.45, 2.75) is 13.0 Å². The lowest BCUT2D eigenvalue weighted by Gasteiger charge is -2.17. The highest BCUT2D eigenvalue weighted by molar-refractivity contribution is 6.42. The van der Waals surface area contributed by atoms with Crippen LogP contribution in [0.5, 0.6) is 5.75 Å². The van der Waals surface area contributed by atoms with Crippen molar-refractivity contribution in [3.63, 3.8) is 0 Å². The average molecular weight is 314 g/mol. The van der Waals surface area contributed by atoms with E-state index in [1.807, 2.05) is 13.0 Å². The molecular formula is C15H14Cl2FNO. The second-order valence-corrected chi connectivity index (χ2v) is 5.20. The number of methoxy groups -OCH3 is 1. The molecule has 2 nitrogen and oxygen atoms in total. The molecule has 2 aromatic rings. The van der Waals surface area contributed by atoms with E-state index in [1.165, 1.54) is 6.07 Å². The molecular weight excluding hydrogens is 300 g/mol. The van der Waals surface area contributed by atoms with E-state index in [2.05, 4.69) is 5.32 Å². The van der Waals surface area contributed by atoms with Crippen molar-refractivity contribution >= 4 is 28.9 Å². The van der Waals surface area contributed by atoms with E-state index in [1.54, 1.807) is 31.4 Å². The van der Waals surface area contributed by atoms with Crippen LogP contribution in [0.15, 0.2) is 36.4 Å². The molecule has 0 saturated carbocycles. The van der Waals surface area contributed by atoms with E-state index in [4.69, 9.17) is 27.9 Å². The van der Waals surface area contributed by atoms with Crippen molar-refractivity contribution < 1.29 is 9.13 Å². The number of halogens is 3. The van der Waals surface area contributed by atoms with Gasteiger partial charge in [0.2, 0.25) is 0 Å². The summed E-state index contributed by atoms with van der Waals surface area (Å²) in [6, 6.07) is 9.77. The van der Waals surface area contributed by atoms with Crippen molar-refractivity contribution in [2.75, 3.05) is 12.4 Å². The summed E-state index contributed by atoms with van der Waals surface area (Å²) < 4.78 is 18.8. The van der Waals surface area contributed by atoms with E-state index in [0.29, 0.717) is 21.5 Å². The van der Waals surface area contributed by atoms with Gasteiger partial charge in [0, 0.05) is 12.1 Å². The van der Waals surface area contributed by atoms with Crippen molar-refractivity contribution in [3.05, 3.63) is 57.8 Å². The number of anilines is 1. The molecule has 1 unspecified atom stereocenters. The zero-order chi connectivity index (χ0) is 14.7. The maximum atomic E-state index is 13.8. The van der Waals surface area contributed by atoms with Gasteiger partial charge in [0.15, 0.2) is 0 Å². The lowest BCUT2D eigenvalue weighted by molar-refractivity contribution is 0.414. The summed E-state index contributed by atoms with van der Waals surface area (Å²) in [4.78, 5) is 0. The smallest absolute Gasteiger partial charge is 0.146 e. The number of benzene rings is 2. The van der Waals surface area contributed by atoms with Gasteiger partial charge in [-0.2, -0.15) is 0 Å². The predicted octanol–water partition coefficient (Wildman–Crippen LogP) is 5.31. The summed E-state index contributed by atoms with van der Waals surface area (Å²) >= 11 is 11.9. The molecule has 0 aromatic heterocycles. The molecule has 20 heavy (non-hydrogen) atoms. The maximum absolute atomic E-state index is 13.8. The van der Waals surface area contributed by atoms with Crippen LogP contribution in [0.2, 0.25) is 10.0 Å². The standard InChI is InChI=1S/C15H14Cl2FNO/c1-9(10-3-5-12(16)13(17)7-10)19-15-8-11(20-2)4-6-14(15)18/h3-9,19H,1-2H3. The van der Waals surface area contributed by atoms with Crippen LogP contribution >= 0.6 is 23.2 Å². The molecule has 0 spiro atoms. The van der Waals surface area contributed by atoms with Gasteiger partial charge in [-0.25, -0.2) is 4.39 Å². The largest absolute Gasteiger partial charge is 0.497 e. The summed E-state index contributed by atoms with van der Waals surface area (Å²) in [6.45, 7) is 1.92. The monoisotopic (exact) mass is 313 g/mol. The molecule has 0 saturated heterocycles. The first-order valence-corrected chi connectivity index (χ1v) is 6.82. The molecule has 5 heteroatoms. The minimum Gasteiger partial charge on any atom is -0.497 e. The molecule has 1 atom stereocenters. The van der Waals surface area contributed by atoms with Crippen LogP contribution in [0.1, 0.15) is 18.5 Å². The van der Waals surface area contributed by atoms with Gasteiger partial charge in [0.05, 0.1) is 22.8 Å². The Morgan fingerprint density at radius 1 is 1.10 bits per heavy atom. The van der Waals surface area contributed by atoms with Crippen LogP contribution < -0.4 is 10.1 Å². The second-order valence-electron chi connectivity index (χ2n) is 4.39. The number of nitrogens with one attached hydrogen (secondary N) is 1. The molecule has 0 aliphatic carbocycles. The van der Waals surface area contributed by atoms with E-state index in [-0.39, 0.29) is 11.9 Å². The SMILES string of the molecule is COc1ccc(F)c(NC(C)c2ccc(Cl)c(Cl)c2)c1. The van der Waals surface area contributed by atoms with Gasteiger partial charge in [-0.15, -0.1) is 0 Å². The Hall–Kier alpha value is -1.45. The third-order valence-electron chi connectivity index (χ3n) is 2.99. The van der Waals surface area contributed by atoms with Crippen LogP contribution in [0.3, 0.4) is 0 Å². The third kappa shape index (κ3) is 3.35. The van der Waals surface area contributed by atoms with E-state index < -0.39 is 0 Å². The van der Waals surface area contributed by atoms with Crippen LogP contribution in [-0.4, -0.2) is 7.11 Å². The molecule has 106 valence electrons. The van der Waals surface area contributed by atoms with E-state index in [0.717, 1.165) is 5.56 Å². The first kappa shape index (κ1) is 14.9. The van der Waals surface area contributed by atoms with Gasteiger partial charge in [0.1, 0.15) is 11.6 Å². The first-order chi connectivity index (χ1) is 9.51. The summed E-state index contributed by atoms with van der Waals surface area (Å²) in [5, 5.41) is 4.06. The topological polar surface area (TPSA) is 21.3 Å². The summed E-state index contributed by atoms with van der Waals surface area (Å²) in [7, 11) is 1.54. The lowest BCUT2D eigenvalue weighted by Crippen LogP contribution is -2.08. The van der Waals surface area contributed by atoms with Gasteiger partial charge in [-0.3, -0.25) is 0 Å². The zero-order valence-corrected chi connectivity index (χ0v) is 12.6. The van der Waals surface area contributed by atoms with Crippen LogP contribution in [0.25, 0.3) is 0 Å². The predicted molar refractivity (Wildman–Crippen MR) is 81.5 cm³/mol. The Kier molecular flexibility index (Phi) is 4.73. The molecule has 0 bridgehead atoms. The summed E-state index contributed by atoms with van der Waals surface area (Å²) in [6.07, 6.45) is 0. The maximum Gasteiger partial charge on any atom is 0.146 e. The fourth-order valence-electron chi connectivity index (χ4n) is 1.84. The molecule has 0 radical (unpaired) electrons. The Bertz CT molecular complexity index is 619. The summed E-state index contributed by atoms with van der Waals surface area (Å²) in [5.74, 6) is 0.257. The average Bonchev–Trinajstić information content (AvgIpc) is 2.44. The zero-order valence-electron chi connectivity index (χ0n) is 11.1. The van der Waals surface area contributed by atoms with Crippen LogP contribution in [-0.2, 0) is 0 Å². The third-order valence-corrected chi connectivity index (χ3v) is 3.73. The van der Waals surface area contributed by atoms with Crippen LogP contribution in [0.4, 0.5) is 10.1 Å². The molecule has 0 amide bonds. The highest BCUT2D eigenvalue weighted by Crippen LogP contribution is 2.29. The first-order valence-electron chi connectivity index (χ1n) is 6.06. The van der Waals surface area contributed by atoms with Gasteiger partial charge < -0.3 is 10.1 Å². The molecule has 0 aliphatic heterocycles.